The number of hydrogen-bond acceptors (Lipinski definition) is 3. The van der Waals surface area contributed by atoms with Crippen LogP contribution in [0.4, 0.5) is 5.69 Å². The molecule has 0 saturated carbocycles. The summed E-state index contributed by atoms with van der Waals surface area (Å²) in [5.74, 6) is -0.346. The van der Waals surface area contributed by atoms with Crippen molar-refractivity contribution in [3.8, 4) is 0 Å². The van der Waals surface area contributed by atoms with Crippen molar-refractivity contribution in [3.05, 3.63) is 94.5 Å². The van der Waals surface area contributed by atoms with Crippen LogP contribution in [0.15, 0.2) is 77.7 Å². The third-order valence-electron chi connectivity index (χ3n) is 5.34. The summed E-state index contributed by atoms with van der Waals surface area (Å²) in [6.07, 6.45) is 1.53. The molecule has 1 amide bonds. The summed E-state index contributed by atoms with van der Waals surface area (Å²) < 4.78 is 28.0. The fraction of sp³-hybridized carbons (Fsp3) is 0.240. The van der Waals surface area contributed by atoms with Gasteiger partial charge in [0.05, 0.1) is 10.6 Å². The molecule has 0 fully saturated rings. The second-order valence-corrected chi connectivity index (χ2v) is 9.92. The number of amides is 1. The molecule has 0 atom stereocenters. The molecule has 1 N–H and O–H groups in total. The first kappa shape index (κ1) is 23.8. The minimum Gasteiger partial charge on any atom is -0.355 e. The molecule has 0 heterocycles. The van der Waals surface area contributed by atoms with Crippen molar-refractivity contribution in [1.82, 2.24) is 5.32 Å². The number of carbonyl (C=O) groups is 1. The average molecular weight is 471 g/mol. The molecule has 3 aromatic carbocycles. The summed E-state index contributed by atoms with van der Waals surface area (Å²) in [5, 5.41) is 3.54. The average Bonchev–Trinajstić information content (AvgIpc) is 2.79. The zero-order valence-electron chi connectivity index (χ0n) is 18.2. The molecule has 0 radical (unpaired) electrons. The highest BCUT2D eigenvalue weighted by Crippen LogP contribution is 2.28. The van der Waals surface area contributed by atoms with Gasteiger partial charge in [-0.2, -0.15) is 0 Å². The van der Waals surface area contributed by atoms with Crippen LogP contribution in [0.1, 0.15) is 23.1 Å². The van der Waals surface area contributed by atoms with Crippen molar-refractivity contribution < 1.29 is 13.2 Å². The Morgan fingerprint density at radius 3 is 2.31 bits per heavy atom. The summed E-state index contributed by atoms with van der Waals surface area (Å²) in [4.78, 5) is 12.9. The highest BCUT2D eigenvalue weighted by Gasteiger charge is 2.28. The van der Waals surface area contributed by atoms with Gasteiger partial charge in [-0.25, -0.2) is 8.42 Å². The standard InChI is InChI=1S/C25H27ClN2O3S/c1-19-8-6-12-24(20(19)2)28(32(30,31)23-10-4-3-5-11-23)18-25(29)27-17-7-9-21-13-15-22(26)16-14-21/h3-6,8,10-16H,7,9,17-18H2,1-2H3,(H,27,29). The first-order chi connectivity index (χ1) is 15.3. The molecule has 0 saturated heterocycles. The highest BCUT2D eigenvalue weighted by molar-refractivity contribution is 7.92. The molecule has 0 unspecified atom stereocenters. The predicted molar refractivity (Wildman–Crippen MR) is 130 cm³/mol. The van der Waals surface area contributed by atoms with Crippen LogP contribution in [0.5, 0.6) is 0 Å². The molecular weight excluding hydrogens is 444 g/mol. The fourth-order valence-electron chi connectivity index (χ4n) is 3.38. The van der Waals surface area contributed by atoms with Crippen LogP contribution >= 0.6 is 11.6 Å². The lowest BCUT2D eigenvalue weighted by Crippen LogP contribution is -2.41. The Labute approximate surface area is 195 Å². The molecule has 3 rings (SSSR count). The van der Waals surface area contributed by atoms with Crippen LogP contribution in [0.2, 0.25) is 5.02 Å². The van der Waals surface area contributed by atoms with E-state index in [1.165, 1.54) is 16.4 Å². The first-order valence-corrected chi connectivity index (χ1v) is 12.3. The number of sulfonamides is 1. The van der Waals surface area contributed by atoms with Gasteiger partial charge >= 0.3 is 0 Å². The van der Waals surface area contributed by atoms with Crippen LogP contribution in [0, 0.1) is 13.8 Å². The van der Waals surface area contributed by atoms with E-state index in [1.807, 2.05) is 44.2 Å². The number of aryl methyl sites for hydroxylation is 2. The fourth-order valence-corrected chi connectivity index (χ4v) is 5.01. The maximum Gasteiger partial charge on any atom is 0.264 e. The number of carbonyl (C=O) groups excluding carboxylic acids is 1. The van der Waals surface area contributed by atoms with Gasteiger partial charge in [-0.3, -0.25) is 9.10 Å². The van der Waals surface area contributed by atoms with Gasteiger partial charge in [0.15, 0.2) is 0 Å². The van der Waals surface area contributed by atoms with Gasteiger partial charge in [-0.15, -0.1) is 0 Å². The minimum absolute atomic E-state index is 0.149. The van der Waals surface area contributed by atoms with E-state index >= 15 is 0 Å². The molecule has 3 aromatic rings. The number of rotatable bonds is 9. The van der Waals surface area contributed by atoms with E-state index in [1.54, 1.807) is 30.3 Å². The Morgan fingerprint density at radius 2 is 1.62 bits per heavy atom. The predicted octanol–water partition coefficient (Wildman–Crippen LogP) is 4.90. The number of benzene rings is 3. The van der Waals surface area contributed by atoms with Gasteiger partial charge in [0.2, 0.25) is 5.91 Å². The molecule has 0 aliphatic rings. The van der Waals surface area contributed by atoms with Crippen LogP contribution < -0.4 is 9.62 Å². The largest absolute Gasteiger partial charge is 0.355 e. The maximum atomic E-state index is 13.4. The maximum absolute atomic E-state index is 13.4. The van der Waals surface area contributed by atoms with Crippen molar-refractivity contribution >= 4 is 33.2 Å². The Balaban J connectivity index is 1.73. The number of nitrogens with zero attached hydrogens (tertiary/aromatic N) is 1. The molecular formula is C25H27ClN2O3S. The van der Waals surface area contributed by atoms with Gasteiger partial charge in [-0.05, 0) is 73.7 Å². The van der Waals surface area contributed by atoms with Gasteiger partial charge in [-0.1, -0.05) is 54.1 Å². The minimum atomic E-state index is -3.91. The van der Waals surface area contributed by atoms with E-state index in [0.29, 0.717) is 17.3 Å². The summed E-state index contributed by atoms with van der Waals surface area (Å²) >= 11 is 5.90. The van der Waals surface area contributed by atoms with Gasteiger partial charge in [0.1, 0.15) is 6.54 Å². The van der Waals surface area contributed by atoms with Crippen LogP contribution in [-0.2, 0) is 21.2 Å². The van der Waals surface area contributed by atoms with Crippen molar-refractivity contribution in [2.45, 2.75) is 31.6 Å². The molecule has 168 valence electrons. The van der Waals surface area contributed by atoms with Crippen molar-refractivity contribution in [1.29, 1.82) is 0 Å². The molecule has 0 aromatic heterocycles. The quantitative estimate of drug-likeness (QED) is 0.452. The van der Waals surface area contributed by atoms with Gasteiger partial charge in [0.25, 0.3) is 10.0 Å². The van der Waals surface area contributed by atoms with Crippen LogP contribution in [-0.4, -0.2) is 27.4 Å². The normalized spacial score (nSPS) is 11.2. The molecule has 0 bridgehead atoms. The van der Waals surface area contributed by atoms with Crippen molar-refractivity contribution in [2.24, 2.45) is 0 Å². The highest BCUT2D eigenvalue weighted by atomic mass is 35.5. The SMILES string of the molecule is Cc1cccc(N(CC(=O)NCCCc2ccc(Cl)cc2)S(=O)(=O)c2ccccc2)c1C. The summed E-state index contributed by atoms with van der Waals surface area (Å²) in [5.41, 5.74) is 3.42. The third kappa shape index (κ3) is 5.90. The molecule has 5 nitrogen and oxygen atoms in total. The molecule has 0 aliphatic heterocycles. The lowest BCUT2D eigenvalue weighted by molar-refractivity contribution is -0.119. The number of hydrogen-bond donors (Lipinski definition) is 1. The zero-order valence-corrected chi connectivity index (χ0v) is 19.8. The monoisotopic (exact) mass is 470 g/mol. The Kier molecular flexibility index (Phi) is 7.94. The van der Waals surface area contributed by atoms with E-state index < -0.39 is 10.0 Å². The van der Waals surface area contributed by atoms with Crippen molar-refractivity contribution in [2.75, 3.05) is 17.4 Å². The second-order valence-electron chi connectivity index (χ2n) is 7.62. The second kappa shape index (κ2) is 10.7. The third-order valence-corrected chi connectivity index (χ3v) is 7.37. The van der Waals surface area contributed by atoms with Gasteiger partial charge < -0.3 is 5.32 Å². The van der Waals surface area contributed by atoms with Crippen molar-refractivity contribution in [3.63, 3.8) is 0 Å². The zero-order chi connectivity index (χ0) is 23.1. The lowest BCUT2D eigenvalue weighted by atomic mass is 10.1. The summed E-state index contributed by atoms with van der Waals surface area (Å²) in [7, 11) is -3.91. The molecule has 32 heavy (non-hydrogen) atoms. The Morgan fingerprint density at radius 1 is 0.938 bits per heavy atom. The summed E-state index contributed by atoms with van der Waals surface area (Å²) in [6, 6.07) is 21.2. The topological polar surface area (TPSA) is 66.5 Å². The lowest BCUT2D eigenvalue weighted by Gasteiger charge is -2.26. The number of nitrogens with one attached hydrogen (secondary N) is 1. The van der Waals surface area contributed by atoms with Crippen LogP contribution in [0.25, 0.3) is 0 Å². The summed E-state index contributed by atoms with van der Waals surface area (Å²) in [6.45, 7) is 3.95. The van der Waals surface area contributed by atoms with E-state index in [9.17, 15) is 13.2 Å². The Hall–Kier alpha value is -2.83. The van der Waals surface area contributed by atoms with E-state index in [0.717, 1.165) is 29.5 Å². The van der Waals surface area contributed by atoms with Gasteiger partial charge in [0, 0.05) is 11.6 Å². The molecule has 7 heteroatoms. The van der Waals surface area contributed by atoms with E-state index in [-0.39, 0.29) is 17.3 Å². The smallest absolute Gasteiger partial charge is 0.264 e. The van der Waals surface area contributed by atoms with E-state index in [2.05, 4.69) is 5.32 Å². The van der Waals surface area contributed by atoms with E-state index in [4.69, 9.17) is 11.6 Å². The first-order valence-electron chi connectivity index (χ1n) is 10.4. The Bertz CT molecular complexity index is 1160. The molecule has 0 spiro atoms. The van der Waals surface area contributed by atoms with Crippen LogP contribution in [0.3, 0.4) is 0 Å². The number of anilines is 1. The molecule has 0 aliphatic carbocycles. The number of halogens is 1.